The minimum Gasteiger partial charge on any atom is -0.472 e. The van der Waals surface area contributed by atoms with Crippen molar-refractivity contribution in [2.24, 2.45) is 0 Å². The second-order valence-corrected chi connectivity index (χ2v) is 5.85. The molecule has 0 aliphatic carbocycles. The molecule has 0 bridgehead atoms. The van der Waals surface area contributed by atoms with Crippen molar-refractivity contribution in [1.29, 1.82) is 0 Å². The Bertz CT molecular complexity index is 860. The predicted molar refractivity (Wildman–Crippen MR) is 83.0 cm³/mol. The summed E-state index contributed by atoms with van der Waals surface area (Å²) in [6.45, 7) is 1.49. The van der Waals surface area contributed by atoms with Gasteiger partial charge >= 0.3 is 0 Å². The fraction of sp³-hybridized carbons (Fsp3) is 0.375. The van der Waals surface area contributed by atoms with Gasteiger partial charge in [0.1, 0.15) is 30.3 Å². The van der Waals surface area contributed by atoms with Gasteiger partial charge < -0.3 is 29.0 Å². The topological polar surface area (TPSA) is 114 Å². The van der Waals surface area contributed by atoms with Gasteiger partial charge in [-0.25, -0.2) is 9.97 Å². The van der Waals surface area contributed by atoms with Crippen LogP contribution in [0.25, 0.3) is 22.2 Å². The average molecular weight is 331 g/mol. The third kappa shape index (κ3) is 2.15. The van der Waals surface area contributed by atoms with Crippen molar-refractivity contribution in [2.45, 2.75) is 31.5 Å². The molecule has 0 saturated carbocycles. The molecule has 0 unspecified atom stereocenters. The highest BCUT2D eigenvalue weighted by atomic mass is 16.6. The maximum atomic E-state index is 10.3. The molecule has 3 N–H and O–H groups in total. The number of aliphatic hydroxyl groups excluding tert-OH is 3. The summed E-state index contributed by atoms with van der Waals surface area (Å²) < 4.78 is 12.5. The van der Waals surface area contributed by atoms with Crippen LogP contribution in [0.15, 0.2) is 35.5 Å². The van der Waals surface area contributed by atoms with Crippen LogP contribution in [0.2, 0.25) is 0 Å². The molecule has 126 valence electrons. The molecule has 0 spiro atoms. The molecule has 8 nitrogen and oxygen atoms in total. The molecule has 4 heterocycles. The van der Waals surface area contributed by atoms with Gasteiger partial charge in [-0.3, -0.25) is 0 Å². The van der Waals surface area contributed by atoms with E-state index in [4.69, 9.17) is 9.15 Å². The van der Waals surface area contributed by atoms with Gasteiger partial charge in [0.2, 0.25) is 0 Å². The zero-order chi connectivity index (χ0) is 16.8. The number of furan rings is 1. The fourth-order valence-electron chi connectivity index (χ4n) is 3.18. The van der Waals surface area contributed by atoms with Crippen molar-refractivity contribution in [3.05, 3.63) is 36.8 Å². The lowest BCUT2D eigenvalue weighted by molar-refractivity contribution is -0.0508. The first-order valence-electron chi connectivity index (χ1n) is 7.59. The molecule has 24 heavy (non-hydrogen) atoms. The molecule has 8 heteroatoms. The number of rotatable bonds is 3. The van der Waals surface area contributed by atoms with Gasteiger partial charge in [-0.1, -0.05) is 0 Å². The first kappa shape index (κ1) is 15.3. The lowest BCUT2D eigenvalue weighted by Gasteiger charge is -2.17. The van der Waals surface area contributed by atoms with Gasteiger partial charge in [-0.15, -0.1) is 0 Å². The quantitative estimate of drug-likeness (QED) is 0.644. The average Bonchev–Trinajstić information content (AvgIpc) is 3.28. The monoisotopic (exact) mass is 331 g/mol. The van der Waals surface area contributed by atoms with Gasteiger partial charge in [0, 0.05) is 22.7 Å². The zero-order valence-corrected chi connectivity index (χ0v) is 12.9. The van der Waals surface area contributed by atoms with Crippen LogP contribution >= 0.6 is 0 Å². The van der Waals surface area contributed by atoms with E-state index in [0.717, 1.165) is 22.2 Å². The van der Waals surface area contributed by atoms with E-state index >= 15 is 0 Å². The van der Waals surface area contributed by atoms with Crippen LogP contribution in [0.1, 0.15) is 11.9 Å². The number of aromatic nitrogens is 3. The summed E-state index contributed by atoms with van der Waals surface area (Å²) >= 11 is 0. The summed E-state index contributed by atoms with van der Waals surface area (Å²) in [4.78, 5) is 8.55. The Morgan fingerprint density at radius 2 is 2.08 bits per heavy atom. The fourth-order valence-corrected chi connectivity index (χ4v) is 3.18. The van der Waals surface area contributed by atoms with Crippen LogP contribution in [0.4, 0.5) is 0 Å². The number of hydrogen-bond donors (Lipinski definition) is 3. The van der Waals surface area contributed by atoms with E-state index in [-0.39, 0.29) is 6.61 Å². The number of aliphatic hydroxyl groups is 3. The molecular weight excluding hydrogens is 314 g/mol. The van der Waals surface area contributed by atoms with Crippen molar-refractivity contribution < 1.29 is 24.5 Å². The van der Waals surface area contributed by atoms with E-state index in [2.05, 4.69) is 9.97 Å². The van der Waals surface area contributed by atoms with Crippen LogP contribution < -0.4 is 0 Å². The number of fused-ring (bicyclic) bond motifs is 1. The van der Waals surface area contributed by atoms with Gasteiger partial charge in [0.15, 0.2) is 6.23 Å². The van der Waals surface area contributed by atoms with Crippen LogP contribution in [0.5, 0.6) is 0 Å². The molecule has 3 aromatic rings. The summed E-state index contributed by atoms with van der Waals surface area (Å²) in [5, 5.41) is 30.4. The third-order valence-corrected chi connectivity index (χ3v) is 4.42. The summed E-state index contributed by atoms with van der Waals surface area (Å²) in [5.74, 6) is 0. The maximum Gasteiger partial charge on any atom is 0.164 e. The van der Waals surface area contributed by atoms with Crippen molar-refractivity contribution in [3.63, 3.8) is 0 Å². The molecule has 0 aromatic carbocycles. The minimum atomic E-state index is -1.18. The predicted octanol–water partition coefficient (Wildman–Crippen LogP) is 0.611. The Morgan fingerprint density at radius 1 is 1.25 bits per heavy atom. The highest BCUT2D eigenvalue weighted by molar-refractivity contribution is 5.95. The standard InChI is InChI=1S/C16H17N3O5/c1-8-12-10(9-2-3-23-6-9)4-19(15(12)18-7-17-8)16-14(22)13(21)11(5-20)24-16/h2-4,6-7,11,13-14,16,20-22H,5H2,1H3/t11-,13-,14-,16-/m1/s1. The Kier molecular flexibility index (Phi) is 3.61. The summed E-state index contributed by atoms with van der Waals surface area (Å²) in [6.07, 6.45) is 2.37. The van der Waals surface area contributed by atoms with Crippen LogP contribution in [-0.2, 0) is 4.74 Å². The SMILES string of the molecule is Cc1ncnc2c1c(-c1ccoc1)cn2[C@@H]1O[C@H](CO)[C@@H](O)[C@H]1O. The van der Waals surface area contributed by atoms with Gasteiger partial charge in [0.05, 0.1) is 24.8 Å². The second kappa shape index (κ2) is 5.67. The Hall–Kier alpha value is -2.26. The van der Waals surface area contributed by atoms with E-state index in [9.17, 15) is 15.3 Å². The van der Waals surface area contributed by atoms with E-state index in [0.29, 0.717) is 5.65 Å². The smallest absolute Gasteiger partial charge is 0.164 e. The largest absolute Gasteiger partial charge is 0.472 e. The number of ether oxygens (including phenoxy) is 1. The van der Waals surface area contributed by atoms with Crippen molar-refractivity contribution >= 4 is 11.0 Å². The van der Waals surface area contributed by atoms with E-state index < -0.39 is 24.5 Å². The number of hydrogen-bond acceptors (Lipinski definition) is 7. The molecule has 4 rings (SSSR count). The Labute approximate surface area is 137 Å². The number of nitrogens with zero attached hydrogens (tertiary/aromatic N) is 3. The Balaban J connectivity index is 1.90. The summed E-state index contributed by atoms with van der Waals surface area (Å²) in [5.41, 5.74) is 3.05. The van der Waals surface area contributed by atoms with E-state index in [1.165, 1.54) is 6.33 Å². The van der Waals surface area contributed by atoms with Gasteiger partial charge in [-0.05, 0) is 13.0 Å². The Morgan fingerprint density at radius 3 is 2.75 bits per heavy atom. The summed E-state index contributed by atoms with van der Waals surface area (Å²) in [7, 11) is 0. The molecular formula is C16H17N3O5. The lowest BCUT2D eigenvalue weighted by atomic mass is 10.1. The van der Waals surface area contributed by atoms with E-state index in [1.807, 2.05) is 13.0 Å². The van der Waals surface area contributed by atoms with Crippen molar-refractivity contribution in [2.75, 3.05) is 6.61 Å². The van der Waals surface area contributed by atoms with Crippen molar-refractivity contribution in [3.8, 4) is 11.1 Å². The first-order valence-corrected chi connectivity index (χ1v) is 7.59. The number of aryl methyl sites for hydroxylation is 1. The van der Waals surface area contributed by atoms with Crippen LogP contribution in [0, 0.1) is 6.92 Å². The lowest BCUT2D eigenvalue weighted by Crippen LogP contribution is -2.33. The van der Waals surface area contributed by atoms with E-state index in [1.54, 1.807) is 23.3 Å². The maximum absolute atomic E-state index is 10.3. The molecule has 1 aliphatic heterocycles. The normalized spacial score (nSPS) is 27.2. The molecule has 1 fully saturated rings. The third-order valence-electron chi connectivity index (χ3n) is 4.42. The molecule has 0 amide bonds. The molecule has 1 saturated heterocycles. The van der Waals surface area contributed by atoms with Crippen molar-refractivity contribution in [1.82, 2.24) is 14.5 Å². The summed E-state index contributed by atoms with van der Waals surface area (Å²) in [6, 6.07) is 1.82. The zero-order valence-electron chi connectivity index (χ0n) is 12.9. The van der Waals surface area contributed by atoms with Gasteiger partial charge in [-0.2, -0.15) is 0 Å². The van der Waals surface area contributed by atoms with Crippen LogP contribution in [0.3, 0.4) is 0 Å². The first-order chi connectivity index (χ1) is 11.6. The highest BCUT2D eigenvalue weighted by Crippen LogP contribution is 2.37. The molecule has 3 aromatic heterocycles. The molecule has 4 atom stereocenters. The molecule has 0 radical (unpaired) electrons. The molecule has 1 aliphatic rings. The van der Waals surface area contributed by atoms with Crippen LogP contribution in [-0.4, -0.2) is 54.8 Å². The second-order valence-electron chi connectivity index (χ2n) is 5.85. The highest BCUT2D eigenvalue weighted by Gasteiger charge is 2.44. The van der Waals surface area contributed by atoms with Gasteiger partial charge in [0.25, 0.3) is 0 Å². The minimum absolute atomic E-state index is 0.378.